The van der Waals surface area contributed by atoms with Gasteiger partial charge in [-0.3, -0.25) is 15.0 Å². The van der Waals surface area contributed by atoms with Crippen LogP contribution < -0.4 is 4.74 Å². The standard InChI is InChI=1S/C17H18N2O4/c20-15(11-18-9-13-5-1-2-6-14(13)10-18)12-23-17-8-4-3-7-16(17)19(21)22/h1-8,15,20H,9-12H2/t15-/m1/s1. The van der Waals surface area contributed by atoms with Crippen LogP contribution in [0.4, 0.5) is 5.69 Å². The van der Waals surface area contributed by atoms with Crippen molar-refractivity contribution in [2.45, 2.75) is 19.2 Å². The summed E-state index contributed by atoms with van der Waals surface area (Å²) in [5, 5.41) is 21.1. The van der Waals surface area contributed by atoms with Crippen molar-refractivity contribution in [3.05, 3.63) is 69.8 Å². The van der Waals surface area contributed by atoms with Gasteiger partial charge in [-0.05, 0) is 17.2 Å². The fourth-order valence-corrected chi connectivity index (χ4v) is 2.80. The molecule has 0 saturated carbocycles. The molecule has 6 heteroatoms. The van der Waals surface area contributed by atoms with E-state index in [-0.39, 0.29) is 18.0 Å². The predicted molar refractivity (Wildman–Crippen MR) is 85.2 cm³/mol. The molecule has 2 aromatic carbocycles. The summed E-state index contributed by atoms with van der Waals surface area (Å²) in [7, 11) is 0. The van der Waals surface area contributed by atoms with E-state index in [9.17, 15) is 15.2 Å². The van der Waals surface area contributed by atoms with Crippen molar-refractivity contribution >= 4 is 5.69 Å². The Bertz CT molecular complexity index is 679. The van der Waals surface area contributed by atoms with Gasteiger partial charge in [0.2, 0.25) is 0 Å². The lowest BCUT2D eigenvalue weighted by molar-refractivity contribution is -0.385. The summed E-state index contributed by atoms with van der Waals surface area (Å²) in [6, 6.07) is 14.4. The average molecular weight is 314 g/mol. The van der Waals surface area contributed by atoms with Gasteiger partial charge in [0.05, 0.1) is 4.92 Å². The van der Waals surface area contributed by atoms with E-state index in [1.807, 2.05) is 12.1 Å². The van der Waals surface area contributed by atoms with Gasteiger partial charge in [-0.25, -0.2) is 0 Å². The van der Waals surface area contributed by atoms with Crippen molar-refractivity contribution in [3.8, 4) is 5.75 Å². The van der Waals surface area contributed by atoms with Gasteiger partial charge >= 0.3 is 5.69 Å². The SMILES string of the molecule is O=[N+]([O-])c1ccccc1OC[C@H](O)CN1Cc2ccccc2C1. The maximum atomic E-state index is 10.9. The lowest BCUT2D eigenvalue weighted by Gasteiger charge is -2.19. The first-order valence-corrected chi connectivity index (χ1v) is 7.47. The monoisotopic (exact) mass is 314 g/mol. The van der Waals surface area contributed by atoms with Crippen LogP contribution in [0.15, 0.2) is 48.5 Å². The molecular formula is C17H18N2O4. The van der Waals surface area contributed by atoms with Crippen molar-refractivity contribution in [1.82, 2.24) is 4.90 Å². The third-order valence-electron chi connectivity index (χ3n) is 3.87. The van der Waals surface area contributed by atoms with Crippen LogP contribution in [-0.2, 0) is 13.1 Å². The van der Waals surface area contributed by atoms with E-state index in [1.165, 1.54) is 23.3 Å². The van der Waals surface area contributed by atoms with E-state index in [2.05, 4.69) is 17.0 Å². The second kappa shape index (κ2) is 6.76. The van der Waals surface area contributed by atoms with Crippen LogP contribution in [0.25, 0.3) is 0 Å². The molecule has 0 spiro atoms. The van der Waals surface area contributed by atoms with Gasteiger partial charge in [0, 0.05) is 25.7 Å². The molecule has 0 aromatic heterocycles. The van der Waals surface area contributed by atoms with Gasteiger partial charge in [0.1, 0.15) is 12.7 Å². The Morgan fingerprint density at radius 3 is 2.39 bits per heavy atom. The minimum Gasteiger partial charge on any atom is -0.484 e. The number of rotatable bonds is 6. The molecule has 1 N–H and O–H groups in total. The van der Waals surface area contributed by atoms with E-state index < -0.39 is 11.0 Å². The normalized spacial score (nSPS) is 15.2. The molecule has 1 aliphatic heterocycles. The maximum absolute atomic E-state index is 10.9. The number of fused-ring (bicyclic) bond motifs is 1. The minimum atomic E-state index is -0.705. The number of nitro groups is 1. The number of ether oxygens (including phenoxy) is 1. The van der Waals surface area contributed by atoms with Gasteiger partial charge in [-0.2, -0.15) is 0 Å². The zero-order valence-corrected chi connectivity index (χ0v) is 12.6. The number of nitro benzene ring substituents is 1. The van der Waals surface area contributed by atoms with Crippen molar-refractivity contribution in [1.29, 1.82) is 0 Å². The zero-order chi connectivity index (χ0) is 16.2. The number of β-amino-alcohol motifs (C(OH)–C–C–N with tert-alkyl or cyclic N) is 1. The lowest BCUT2D eigenvalue weighted by Crippen LogP contribution is -2.32. The highest BCUT2D eigenvalue weighted by Crippen LogP contribution is 2.26. The molecule has 0 aliphatic carbocycles. The molecular weight excluding hydrogens is 296 g/mol. The lowest BCUT2D eigenvalue weighted by atomic mass is 10.1. The fraction of sp³-hybridized carbons (Fsp3) is 0.294. The highest BCUT2D eigenvalue weighted by Gasteiger charge is 2.21. The van der Waals surface area contributed by atoms with Crippen LogP contribution in [0, 0.1) is 10.1 Å². The Hall–Kier alpha value is -2.44. The zero-order valence-electron chi connectivity index (χ0n) is 12.6. The molecule has 0 bridgehead atoms. The van der Waals surface area contributed by atoms with E-state index >= 15 is 0 Å². The molecule has 0 unspecified atom stereocenters. The number of hydrogen-bond donors (Lipinski definition) is 1. The van der Waals surface area contributed by atoms with Crippen molar-refractivity contribution < 1.29 is 14.8 Å². The van der Waals surface area contributed by atoms with Gasteiger partial charge in [0.15, 0.2) is 5.75 Å². The molecule has 2 aromatic rings. The Balaban J connectivity index is 1.53. The molecule has 1 heterocycles. The summed E-state index contributed by atoms with van der Waals surface area (Å²) >= 11 is 0. The number of para-hydroxylation sites is 2. The van der Waals surface area contributed by atoms with Gasteiger partial charge < -0.3 is 9.84 Å². The number of aliphatic hydroxyl groups is 1. The van der Waals surface area contributed by atoms with Gasteiger partial charge in [-0.1, -0.05) is 36.4 Å². The first-order valence-electron chi connectivity index (χ1n) is 7.47. The average Bonchev–Trinajstić information content (AvgIpc) is 2.95. The molecule has 0 saturated heterocycles. The minimum absolute atomic E-state index is 0.0255. The van der Waals surface area contributed by atoms with Gasteiger partial charge in [-0.15, -0.1) is 0 Å². The van der Waals surface area contributed by atoms with E-state index in [4.69, 9.17) is 4.74 Å². The molecule has 1 aliphatic rings. The number of nitrogens with zero attached hydrogens (tertiary/aromatic N) is 2. The Labute approximate surface area is 134 Å². The Kier molecular flexibility index (Phi) is 4.55. The van der Waals surface area contributed by atoms with Crippen LogP contribution in [0.1, 0.15) is 11.1 Å². The second-order valence-corrected chi connectivity index (χ2v) is 5.63. The van der Waals surface area contributed by atoms with Crippen molar-refractivity contribution in [2.24, 2.45) is 0 Å². The first kappa shape index (κ1) is 15.5. The van der Waals surface area contributed by atoms with E-state index in [1.54, 1.807) is 12.1 Å². The molecule has 0 fully saturated rings. The highest BCUT2D eigenvalue weighted by molar-refractivity contribution is 5.45. The third kappa shape index (κ3) is 3.67. The van der Waals surface area contributed by atoms with Crippen molar-refractivity contribution in [2.75, 3.05) is 13.2 Å². The first-order chi connectivity index (χ1) is 11.1. The second-order valence-electron chi connectivity index (χ2n) is 5.63. The molecule has 1 atom stereocenters. The van der Waals surface area contributed by atoms with Crippen molar-refractivity contribution in [3.63, 3.8) is 0 Å². The number of hydrogen-bond acceptors (Lipinski definition) is 5. The maximum Gasteiger partial charge on any atom is 0.310 e. The Morgan fingerprint density at radius 2 is 1.74 bits per heavy atom. The molecule has 0 amide bonds. The third-order valence-corrected chi connectivity index (χ3v) is 3.87. The van der Waals surface area contributed by atoms with Crippen LogP contribution in [0.5, 0.6) is 5.75 Å². The number of aliphatic hydroxyl groups excluding tert-OH is 1. The fourth-order valence-electron chi connectivity index (χ4n) is 2.80. The predicted octanol–water partition coefficient (Wildman–Crippen LogP) is 2.35. The molecule has 23 heavy (non-hydrogen) atoms. The van der Waals surface area contributed by atoms with E-state index in [0.29, 0.717) is 6.54 Å². The van der Waals surface area contributed by atoms with E-state index in [0.717, 1.165) is 13.1 Å². The molecule has 6 nitrogen and oxygen atoms in total. The Morgan fingerprint density at radius 1 is 1.13 bits per heavy atom. The number of benzene rings is 2. The summed E-state index contributed by atoms with van der Waals surface area (Å²) in [6.07, 6.45) is -0.705. The summed E-state index contributed by atoms with van der Waals surface area (Å²) < 4.78 is 5.43. The van der Waals surface area contributed by atoms with Crippen LogP contribution in [0.3, 0.4) is 0 Å². The molecule has 3 rings (SSSR count). The van der Waals surface area contributed by atoms with Crippen LogP contribution in [0.2, 0.25) is 0 Å². The largest absolute Gasteiger partial charge is 0.484 e. The summed E-state index contributed by atoms with van der Waals surface area (Å²) in [5.41, 5.74) is 2.46. The highest BCUT2D eigenvalue weighted by atomic mass is 16.6. The molecule has 120 valence electrons. The smallest absolute Gasteiger partial charge is 0.310 e. The summed E-state index contributed by atoms with van der Waals surface area (Å²) in [5.74, 6) is 0.182. The topological polar surface area (TPSA) is 75.8 Å². The quantitative estimate of drug-likeness (QED) is 0.654. The molecule has 0 radical (unpaired) electrons. The van der Waals surface area contributed by atoms with Crippen LogP contribution >= 0.6 is 0 Å². The summed E-state index contributed by atoms with van der Waals surface area (Å²) in [6.45, 7) is 2.10. The van der Waals surface area contributed by atoms with Crippen LogP contribution in [-0.4, -0.2) is 34.2 Å². The summed E-state index contributed by atoms with van der Waals surface area (Å²) in [4.78, 5) is 12.6. The van der Waals surface area contributed by atoms with Gasteiger partial charge in [0.25, 0.3) is 0 Å².